The van der Waals surface area contributed by atoms with Gasteiger partial charge in [-0.1, -0.05) is 0 Å². The first-order valence-corrected chi connectivity index (χ1v) is 6.05. The van der Waals surface area contributed by atoms with Gasteiger partial charge in [-0.15, -0.1) is 10.2 Å². The Labute approximate surface area is 101 Å². The van der Waals surface area contributed by atoms with Crippen molar-refractivity contribution in [2.75, 3.05) is 13.1 Å². The van der Waals surface area contributed by atoms with Crippen LogP contribution in [0.25, 0.3) is 0 Å². The molecule has 0 spiro atoms. The molecule has 0 saturated carbocycles. The second-order valence-electron chi connectivity index (χ2n) is 5.17. The van der Waals surface area contributed by atoms with E-state index >= 15 is 0 Å². The zero-order valence-corrected chi connectivity index (χ0v) is 10.5. The Bertz CT molecular complexity index is 376. The van der Waals surface area contributed by atoms with Gasteiger partial charge in [0.05, 0.1) is 12.1 Å². The lowest BCUT2D eigenvalue weighted by atomic mass is 9.97. The number of hydrogen-bond acceptors (Lipinski definition) is 5. The van der Waals surface area contributed by atoms with Crippen molar-refractivity contribution < 1.29 is 5.11 Å². The monoisotopic (exact) mass is 239 g/mol. The Hall–Kier alpha value is -0.980. The average Bonchev–Trinajstić information content (AvgIpc) is 2.75. The van der Waals surface area contributed by atoms with Crippen molar-refractivity contribution in [3.05, 3.63) is 12.2 Å². The summed E-state index contributed by atoms with van der Waals surface area (Å²) in [5.74, 6) is 0.996. The van der Waals surface area contributed by atoms with Gasteiger partial charge < -0.3 is 15.4 Å². The molecule has 1 aromatic rings. The van der Waals surface area contributed by atoms with Crippen molar-refractivity contribution in [2.24, 2.45) is 5.73 Å². The maximum absolute atomic E-state index is 9.99. The molecule has 1 aliphatic heterocycles. The molecule has 0 aliphatic carbocycles. The van der Waals surface area contributed by atoms with Crippen LogP contribution in [-0.4, -0.2) is 49.5 Å². The van der Waals surface area contributed by atoms with Crippen LogP contribution in [0.1, 0.15) is 26.1 Å². The van der Waals surface area contributed by atoms with Crippen molar-refractivity contribution in [1.82, 2.24) is 19.7 Å². The molecule has 0 bridgehead atoms. The summed E-state index contributed by atoms with van der Waals surface area (Å²) in [7, 11) is 0. The zero-order valence-electron chi connectivity index (χ0n) is 10.5. The van der Waals surface area contributed by atoms with Gasteiger partial charge in [0, 0.05) is 25.7 Å². The Morgan fingerprint density at radius 3 is 3.06 bits per heavy atom. The second-order valence-corrected chi connectivity index (χ2v) is 5.17. The summed E-state index contributed by atoms with van der Waals surface area (Å²) in [6, 6.07) is 0.291. The standard InChI is InChI=1S/C11H21N5O/c1-9(5-11(2,17)7-12)15-3-4-16-8-13-14-10(16)6-15/h8-9,17H,3-7,12H2,1-2H3. The zero-order chi connectivity index (χ0) is 12.5. The summed E-state index contributed by atoms with van der Waals surface area (Å²) in [6.45, 7) is 6.87. The van der Waals surface area contributed by atoms with Crippen LogP contribution in [-0.2, 0) is 13.1 Å². The predicted octanol–water partition coefficient (Wildman–Crippen LogP) is -0.418. The lowest BCUT2D eigenvalue weighted by molar-refractivity contribution is 0.0224. The SMILES string of the molecule is CC(CC(C)(O)CN)N1CCn2cnnc2C1. The largest absolute Gasteiger partial charge is 0.389 e. The first-order valence-electron chi connectivity index (χ1n) is 6.05. The van der Waals surface area contributed by atoms with Crippen LogP contribution in [0.5, 0.6) is 0 Å². The molecule has 0 amide bonds. The molecular weight excluding hydrogens is 218 g/mol. The van der Waals surface area contributed by atoms with Crippen LogP contribution in [0.2, 0.25) is 0 Å². The maximum atomic E-state index is 9.99. The van der Waals surface area contributed by atoms with Gasteiger partial charge in [0.2, 0.25) is 0 Å². The van der Waals surface area contributed by atoms with Crippen LogP contribution in [0, 0.1) is 0 Å². The van der Waals surface area contributed by atoms with Crippen molar-refractivity contribution in [3.63, 3.8) is 0 Å². The molecule has 2 atom stereocenters. The molecule has 1 aliphatic rings. The van der Waals surface area contributed by atoms with Gasteiger partial charge in [-0.05, 0) is 20.3 Å². The topological polar surface area (TPSA) is 80.2 Å². The molecule has 6 heteroatoms. The Morgan fingerprint density at radius 1 is 1.59 bits per heavy atom. The smallest absolute Gasteiger partial charge is 0.147 e. The summed E-state index contributed by atoms with van der Waals surface area (Å²) < 4.78 is 2.07. The summed E-state index contributed by atoms with van der Waals surface area (Å²) in [5, 5.41) is 18.0. The summed E-state index contributed by atoms with van der Waals surface area (Å²) in [6.07, 6.45) is 2.45. The van der Waals surface area contributed by atoms with Gasteiger partial charge in [-0.25, -0.2) is 0 Å². The maximum Gasteiger partial charge on any atom is 0.147 e. The van der Waals surface area contributed by atoms with Gasteiger partial charge in [-0.3, -0.25) is 4.90 Å². The summed E-state index contributed by atoms with van der Waals surface area (Å²) in [4.78, 5) is 2.31. The first kappa shape index (κ1) is 12.5. The molecule has 96 valence electrons. The van der Waals surface area contributed by atoms with Gasteiger partial charge in [-0.2, -0.15) is 0 Å². The number of aliphatic hydroxyl groups is 1. The lowest BCUT2D eigenvalue weighted by Gasteiger charge is -2.35. The van der Waals surface area contributed by atoms with Gasteiger partial charge in [0.15, 0.2) is 0 Å². The number of nitrogens with zero attached hydrogens (tertiary/aromatic N) is 4. The van der Waals surface area contributed by atoms with E-state index < -0.39 is 5.60 Å². The third kappa shape index (κ3) is 2.83. The number of fused-ring (bicyclic) bond motifs is 1. The molecule has 1 aromatic heterocycles. The molecule has 0 saturated heterocycles. The van der Waals surface area contributed by atoms with E-state index in [-0.39, 0.29) is 0 Å². The Kier molecular flexibility index (Phi) is 3.46. The van der Waals surface area contributed by atoms with Crippen LogP contribution >= 0.6 is 0 Å². The predicted molar refractivity (Wildman–Crippen MR) is 64.2 cm³/mol. The van der Waals surface area contributed by atoms with E-state index in [0.717, 1.165) is 25.5 Å². The van der Waals surface area contributed by atoms with E-state index in [1.165, 1.54) is 0 Å². The van der Waals surface area contributed by atoms with Gasteiger partial charge >= 0.3 is 0 Å². The highest BCUT2D eigenvalue weighted by Gasteiger charge is 2.27. The van der Waals surface area contributed by atoms with Crippen molar-refractivity contribution in [3.8, 4) is 0 Å². The van der Waals surface area contributed by atoms with E-state index in [1.54, 1.807) is 13.3 Å². The molecular formula is C11H21N5O. The van der Waals surface area contributed by atoms with Crippen LogP contribution < -0.4 is 5.73 Å². The first-order chi connectivity index (χ1) is 8.02. The molecule has 3 N–H and O–H groups in total. The van der Waals surface area contributed by atoms with Crippen molar-refractivity contribution in [1.29, 1.82) is 0 Å². The lowest BCUT2D eigenvalue weighted by Crippen LogP contribution is -2.45. The fourth-order valence-corrected chi connectivity index (χ4v) is 2.31. The Balaban J connectivity index is 1.96. The minimum Gasteiger partial charge on any atom is -0.389 e. The summed E-state index contributed by atoms with van der Waals surface area (Å²) in [5.41, 5.74) is 4.76. The minimum absolute atomic E-state index is 0.291. The molecule has 17 heavy (non-hydrogen) atoms. The van der Waals surface area contributed by atoms with E-state index in [0.29, 0.717) is 19.0 Å². The number of aromatic nitrogens is 3. The molecule has 0 radical (unpaired) electrons. The second kappa shape index (κ2) is 4.72. The van der Waals surface area contributed by atoms with E-state index in [2.05, 4.69) is 26.6 Å². The number of hydrogen-bond donors (Lipinski definition) is 2. The molecule has 2 unspecified atom stereocenters. The average molecular weight is 239 g/mol. The Morgan fingerprint density at radius 2 is 2.35 bits per heavy atom. The highest BCUT2D eigenvalue weighted by molar-refractivity contribution is 4.92. The van der Waals surface area contributed by atoms with E-state index in [9.17, 15) is 5.11 Å². The number of rotatable bonds is 4. The highest BCUT2D eigenvalue weighted by Crippen LogP contribution is 2.19. The van der Waals surface area contributed by atoms with Crippen LogP contribution in [0.15, 0.2) is 6.33 Å². The molecule has 0 fully saturated rings. The third-order valence-electron chi connectivity index (χ3n) is 3.47. The van der Waals surface area contributed by atoms with E-state index in [4.69, 9.17) is 5.73 Å². The normalized spacial score (nSPS) is 21.9. The van der Waals surface area contributed by atoms with Crippen molar-refractivity contribution >= 4 is 0 Å². The fourth-order valence-electron chi connectivity index (χ4n) is 2.31. The third-order valence-corrected chi connectivity index (χ3v) is 3.47. The molecule has 2 rings (SSSR count). The highest BCUT2D eigenvalue weighted by atomic mass is 16.3. The number of nitrogens with two attached hydrogens (primary N) is 1. The molecule has 6 nitrogen and oxygen atoms in total. The fraction of sp³-hybridized carbons (Fsp3) is 0.818. The van der Waals surface area contributed by atoms with Gasteiger partial charge in [0.25, 0.3) is 0 Å². The van der Waals surface area contributed by atoms with E-state index in [1.807, 2.05) is 0 Å². The van der Waals surface area contributed by atoms with Gasteiger partial charge in [0.1, 0.15) is 12.2 Å². The van der Waals surface area contributed by atoms with Crippen molar-refractivity contribution in [2.45, 2.75) is 45.0 Å². The summed E-state index contributed by atoms with van der Waals surface area (Å²) >= 11 is 0. The quantitative estimate of drug-likeness (QED) is 0.746. The molecule has 2 heterocycles. The van der Waals surface area contributed by atoms with Crippen LogP contribution in [0.4, 0.5) is 0 Å². The van der Waals surface area contributed by atoms with Crippen LogP contribution in [0.3, 0.4) is 0 Å². The minimum atomic E-state index is -0.787. The molecule has 0 aromatic carbocycles.